The van der Waals surface area contributed by atoms with Crippen LogP contribution in [0.25, 0.3) is 17.7 Å². The number of hydrogen-bond donors (Lipinski definition) is 0. The highest BCUT2D eigenvalue weighted by Crippen LogP contribution is 2.33. The third kappa shape index (κ3) is 3.58. The Balaban J connectivity index is 1.67. The van der Waals surface area contributed by atoms with E-state index in [4.69, 9.17) is 4.74 Å². The van der Waals surface area contributed by atoms with Crippen molar-refractivity contribution in [2.75, 3.05) is 32.8 Å². The fourth-order valence-corrected chi connectivity index (χ4v) is 3.30. The van der Waals surface area contributed by atoms with Gasteiger partial charge in [0, 0.05) is 13.1 Å². The highest BCUT2D eigenvalue weighted by molar-refractivity contribution is 5.94. The van der Waals surface area contributed by atoms with Gasteiger partial charge >= 0.3 is 0 Å². The van der Waals surface area contributed by atoms with E-state index in [1.54, 1.807) is 0 Å². The molecule has 124 valence electrons. The Labute approximate surface area is 149 Å². The normalized spacial score (nSPS) is 16.2. The van der Waals surface area contributed by atoms with Crippen LogP contribution < -0.4 is 0 Å². The molecule has 0 radical (unpaired) electrons. The lowest BCUT2D eigenvalue weighted by molar-refractivity contribution is 0.0443. The van der Waals surface area contributed by atoms with Gasteiger partial charge in [0.1, 0.15) is 0 Å². The van der Waals surface area contributed by atoms with Gasteiger partial charge in [0.05, 0.1) is 19.8 Å². The maximum absolute atomic E-state index is 5.38. The molecule has 2 nitrogen and oxygen atoms in total. The van der Waals surface area contributed by atoms with Gasteiger partial charge in [-0.05, 0) is 33.9 Å². The minimum atomic E-state index is 0.800. The quantitative estimate of drug-likeness (QED) is 0.628. The van der Waals surface area contributed by atoms with Crippen LogP contribution in [0.2, 0.25) is 0 Å². The molecule has 2 heteroatoms. The second-order valence-corrected chi connectivity index (χ2v) is 6.28. The lowest BCUT2D eigenvalue weighted by atomic mass is 9.93. The molecular formula is C23H21NO. The number of allylic oxidation sites excluding steroid dienone is 1. The summed E-state index contributed by atoms with van der Waals surface area (Å²) in [4.78, 5) is 2.34. The number of rotatable bonds is 1. The number of benzene rings is 2. The van der Waals surface area contributed by atoms with E-state index in [0.717, 1.165) is 32.8 Å². The van der Waals surface area contributed by atoms with Crippen molar-refractivity contribution in [1.82, 2.24) is 4.90 Å². The first-order valence-electron chi connectivity index (χ1n) is 8.77. The molecule has 2 aromatic rings. The largest absolute Gasteiger partial charge is 0.379 e. The Morgan fingerprint density at radius 2 is 1.48 bits per heavy atom. The van der Waals surface area contributed by atoms with Gasteiger partial charge in [0.15, 0.2) is 0 Å². The number of nitrogens with zero attached hydrogens (tertiary/aromatic N) is 1. The molecule has 0 amide bonds. The Morgan fingerprint density at radius 1 is 0.880 bits per heavy atom. The molecule has 0 spiro atoms. The molecular weight excluding hydrogens is 306 g/mol. The van der Waals surface area contributed by atoms with E-state index < -0.39 is 0 Å². The molecule has 0 unspecified atom stereocenters. The third-order valence-electron chi connectivity index (χ3n) is 4.67. The molecule has 1 aliphatic heterocycles. The van der Waals surface area contributed by atoms with Crippen molar-refractivity contribution in [2.24, 2.45) is 0 Å². The lowest BCUT2D eigenvalue weighted by Crippen LogP contribution is -2.36. The molecule has 0 N–H and O–H groups in total. The Hall–Kier alpha value is -2.60. The molecule has 0 bridgehead atoms. The second-order valence-electron chi connectivity index (χ2n) is 6.28. The minimum Gasteiger partial charge on any atom is -0.379 e. The highest BCUT2D eigenvalue weighted by atomic mass is 16.5. The van der Waals surface area contributed by atoms with Crippen molar-refractivity contribution in [2.45, 2.75) is 0 Å². The van der Waals surface area contributed by atoms with E-state index in [0.29, 0.717) is 0 Å². The minimum absolute atomic E-state index is 0.800. The summed E-state index contributed by atoms with van der Waals surface area (Å²) in [6, 6.07) is 17.0. The van der Waals surface area contributed by atoms with Crippen molar-refractivity contribution < 1.29 is 4.74 Å². The van der Waals surface area contributed by atoms with Crippen LogP contribution in [-0.2, 0) is 4.74 Å². The summed E-state index contributed by atoms with van der Waals surface area (Å²) in [5.74, 6) is 6.60. The Kier molecular flexibility index (Phi) is 4.79. The molecule has 0 saturated carbocycles. The summed E-state index contributed by atoms with van der Waals surface area (Å²) in [6.45, 7) is 4.38. The zero-order valence-electron chi connectivity index (χ0n) is 14.2. The van der Waals surface area contributed by atoms with Crippen LogP contribution in [0.15, 0.2) is 54.6 Å². The Bertz CT molecular complexity index is 825. The summed E-state index contributed by atoms with van der Waals surface area (Å²) >= 11 is 0. The highest BCUT2D eigenvalue weighted by Gasteiger charge is 2.13. The number of morpholine rings is 1. The average molecular weight is 327 g/mol. The zero-order valence-corrected chi connectivity index (χ0v) is 14.2. The first-order chi connectivity index (χ1) is 12.4. The average Bonchev–Trinajstić information content (AvgIpc) is 2.83. The maximum Gasteiger partial charge on any atom is 0.0606 e. The van der Waals surface area contributed by atoms with Crippen molar-refractivity contribution in [3.8, 4) is 11.8 Å². The number of hydrogen-bond acceptors (Lipinski definition) is 2. The van der Waals surface area contributed by atoms with Gasteiger partial charge < -0.3 is 4.74 Å². The molecule has 2 aromatic carbocycles. The maximum atomic E-state index is 5.38. The van der Waals surface area contributed by atoms with Crippen LogP contribution in [0.4, 0.5) is 0 Å². The molecule has 2 aliphatic rings. The molecule has 0 atom stereocenters. The molecule has 1 fully saturated rings. The number of ether oxygens (including phenoxy) is 1. The summed E-state index contributed by atoms with van der Waals surface area (Å²) in [5, 5.41) is 0. The van der Waals surface area contributed by atoms with E-state index in [2.05, 4.69) is 83.5 Å². The van der Waals surface area contributed by atoms with Gasteiger partial charge in [-0.1, -0.05) is 72.5 Å². The monoisotopic (exact) mass is 327 g/mol. The van der Waals surface area contributed by atoms with E-state index in [1.807, 2.05) is 0 Å². The third-order valence-corrected chi connectivity index (χ3v) is 4.67. The van der Waals surface area contributed by atoms with Crippen LogP contribution in [0, 0.1) is 11.8 Å². The fourth-order valence-electron chi connectivity index (χ4n) is 3.30. The fraction of sp³-hybridized carbons (Fsp3) is 0.217. The second kappa shape index (κ2) is 7.53. The zero-order chi connectivity index (χ0) is 16.9. The Morgan fingerprint density at radius 3 is 2.12 bits per heavy atom. The van der Waals surface area contributed by atoms with Crippen LogP contribution in [0.3, 0.4) is 0 Å². The van der Waals surface area contributed by atoms with E-state index in [9.17, 15) is 0 Å². The van der Waals surface area contributed by atoms with Gasteiger partial charge in [-0.25, -0.2) is 0 Å². The van der Waals surface area contributed by atoms with E-state index in [-0.39, 0.29) is 0 Å². The van der Waals surface area contributed by atoms with Gasteiger partial charge in [-0.15, -0.1) is 0 Å². The van der Waals surface area contributed by atoms with E-state index >= 15 is 0 Å². The van der Waals surface area contributed by atoms with Crippen molar-refractivity contribution in [1.29, 1.82) is 0 Å². The topological polar surface area (TPSA) is 12.5 Å². The van der Waals surface area contributed by atoms with Crippen LogP contribution in [-0.4, -0.2) is 37.7 Å². The lowest BCUT2D eigenvalue weighted by Gasteiger charge is -2.24. The summed E-state index contributed by atoms with van der Waals surface area (Å²) in [5.41, 5.74) is 6.15. The smallest absolute Gasteiger partial charge is 0.0606 e. The summed E-state index contributed by atoms with van der Waals surface area (Å²) in [7, 11) is 0. The first kappa shape index (κ1) is 15.9. The van der Waals surface area contributed by atoms with Gasteiger partial charge in [-0.3, -0.25) is 4.90 Å². The molecule has 1 aliphatic carbocycles. The SMILES string of the molecule is C(#CCN1CCOCC1)C=C1c2ccccc2C=Cc2ccccc21. The summed E-state index contributed by atoms with van der Waals surface area (Å²) in [6.07, 6.45) is 6.46. The molecule has 4 rings (SSSR count). The van der Waals surface area contributed by atoms with Gasteiger partial charge in [-0.2, -0.15) is 0 Å². The molecule has 25 heavy (non-hydrogen) atoms. The van der Waals surface area contributed by atoms with Crippen LogP contribution >= 0.6 is 0 Å². The van der Waals surface area contributed by atoms with Crippen LogP contribution in [0.5, 0.6) is 0 Å². The summed E-state index contributed by atoms with van der Waals surface area (Å²) < 4.78 is 5.38. The first-order valence-corrected chi connectivity index (χ1v) is 8.77. The molecule has 1 heterocycles. The van der Waals surface area contributed by atoms with Crippen LogP contribution in [0.1, 0.15) is 22.3 Å². The number of fused-ring (bicyclic) bond motifs is 2. The van der Waals surface area contributed by atoms with Crippen molar-refractivity contribution in [3.63, 3.8) is 0 Å². The standard InChI is InChI=1S/C23H21NO/c1-3-9-21-19(7-1)12-13-20-8-2-4-10-22(20)23(21)11-5-6-14-24-15-17-25-18-16-24/h1-4,7-13H,14-18H2. The van der Waals surface area contributed by atoms with Gasteiger partial charge in [0.2, 0.25) is 0 Å². The molecule has 1 saturated heterocycles. The van der Waals surface area contributed by atoms with Crippen molar-refractivity contribution >= 4 is 17.7 Å². The van der Waals surface area contributed by atoms with E-state index in [1.165, 1.54) is 27.8 Å². The predicted octanol–water partition coefficient (Wildman–Crippen LogP) is 3.94. The molecule has 0 aromatic heterocycles. The van der Waals surface area contributed by atoms with Crippen molar-refractivity contribution in [3.05, 3.63) is 76.9 Å². The van der Waals surface area contributed by atoms with Gasteiger partial charge in [0.25, 0.3) is 0 Å². The predicted molar refractivity (Wildman–Crippen MR) is 104 cm³/mol.